The van der Waals surface area contributed by atoms with Crippen LogP contribution in [-0.2, 0) is 0 Å². The van der Waals surface area contributed by atoms with E-state index in [1.165, 1.54) is 12.8 Å². The van der Waals surface area contributed by atoms with Gasteiger partial charge in [0.15, 0.2) is 0 Å². The van der Waals surface area contributed by atoms with Crippen molar-refractivity contribution >= 4 is 11.6 Å². The maximum atomic E-state index is 5.85. The first-order valence-electron chi connectivity index (χ1n) is 4.51. The lowest BCUT2D eigenvalue weighted by molar-refractivity contribution is 0.297. The maximum Gasteiger partial charge on any atom is 0.135 e. The van der Waals surface area contributed by atoms with Crippen molar-refractivity contribution in [3.8, 4) is 5.75 Å². The number of rotatable bonds is 3. The summed E-state index contributed by atoms with van der Waals surface area (Å²) >= 11 is 5.85. The van der Waals surface area contributed by atoms with Gasteiger partial charge in [-0.05, 0) is 31.7 Å². The molecule has 1 aromatic heterocycles. The second-order valence-corrected chi connectivity index (χ2v) is 3.84. The molecule has 1 fully saturated rings. The Kier molecular flexibility index (Phi) is 2.40. The van der Waals surface area contributed by atoms with Gasteiger partial charge in [0.1, 0.15) is 10.9 Å². The number of hydrogen-bond donors (Lipinski definition) is 0. The smallest absolute Gasteiger partial charge is 0.135 e. The first kappa shape index (κ1) is 8.82. The average Bonchev–Trinajstić information content (AvgIpc) is 2.91. The minimum Gasteiger partial charge on any atom is -0.493 e. The quantitative estimate of drug-likeness (QED) is 0.696. The third-order valence-electron chi connectivity index (χ3n) is 2.26. The summed E-state index contributed by atoms with van der Waals surface area (Å²) in [4.78, 5) is 3.97. The minimum absolute atomic E-state index is 0.535. The molecule has 1 aliphatic carbocycles. The van der Waals surface area contributed by atoms with Gasteiger partial charge < -0.3 is 4.74 Å². The SMILES string of the molecule is Cc1c(OCC2CC2)ccnc1Cl. The van der Waals surface area contributed by atoms with Gasteiger partial charge in [0, 0.05) is 11.8 Å². The topological polar surface area (TPSA) is 22.1 Å². The summed E-state index contributed by atoms with van der Waals surface area (Å²) in [6, 6.07) is 1.86. The standard InChI is InChI=1S/C10H12ClNO/c1-7-9(4-5-12-10(7)11)13-6-8-2-3-8/h4-5,8H,2-3,6H2,1H3. The highest BCUT2D eigenvalue weighted by atomic mass is 35.5. The van der Waals surface area contributed by atoms with Gasteiger partial charge in [-0.2, -0.15) is 0 Å². The summed E-state index contributed by atoms with van der Waals surface area (Å²) in [6.45, 7) is 2.75. The van der Waals surface area contributed by atoms with Gasteiger partial charge in [0.05, 0.1) is 6.61 Å². The minimum atomic E-state index is 0.535. The molecule has 1 aromatic rings. The molecular formula is C10H12ClNO. The zero-order valence-corrected chi connectivity index (χ0v) is 8.34. The summed E-state index contributed by atoms with van der Waals surface area (Å²) in [7, 11) is 0. The molecule has 13 heavy (non-hydrogen) atoms. The van der Waals surface area contributed by atoms with E-state index in [2.05, 4.69) is 4.98 Å². The molecule has 0 atom stereocenters. The first-order chi connectivity index (χ1) is 6.27. The number of hydrogen-bond acceptors (Lipinski definition) is 2. The van der Waals surface area contributed by atoms with Crippen LogP contribution in [0.4, 0.5) is 0 Å². The third kappa shape index (κ3) is 2.13. The molecule has 1 heterocycles. The average molecular weight is 198 g/mol. The lowest BCUT2D eigenvalue weighted by atomic mass is 10.3. The summed E-state index contributed by atoms with van der Waals surface area (Å²) < 4.78 is 5.62. The van der Waals surface area contributed by atoms with Gasteiger partial charge >= 0.3 is 0 Å². The van der Waals surface area contributed by atoms with E-state index in [4.69, 9.17) is 16.3 Å². The van der Waals surface area contributed by atoms with Gasteiger partial charge in [-0.3, -0.25) is 0 Å². The number of halogens is 1. The van der Waals surface area contributed by atoms with Crippen molar-refractivity contribution in [2.45, 2.75) is 19.8 Å². The molecule has 0 spiro atoms. The van der Waals surface area contributed by atoms with E-state index in [0.717, 1.165) is 23.8 Å². The summed E-state index contributed by atoms with van der Waals surface area (Å²) in [5.41, 5.74) is 0.935. The zero-order chi connectivity index (χ0) is 9.26. The summed E-state index contributed by atoms with van der Waals surface area (Å²) in [5, 5.41) is 0.535. The monoisotopic (exact) mass is 197 g/mol. The Morgan fingerprint density at radius 1 is 1.62 bits per heavy atom. The molecule has 0 radical (unpaired) electrons. The van der Waals surface area contributed by atoms with Crippen LogP contribution in [0.1, 0.15) is 18.4 Å². The van der Waals surface area contributed by atoms with E-state index in [9.17, 15) is 0 Å². The van der Waals surface area contributed by atoms with Crippen LogP contribution in [0.5, 0.6) is 5.75 Å². The molecule has 3 heteroatoms. The van der Waals surface area contributed by atoms with E-state index in [1.54, 1.807) is 6.20 Å². The number of pyridine rings is 1. The Labute approximate surface area is 82.9 Å². The second-order valence-electron chi connectivity index (χ2n) is 3.48. The van der Waals surface area contributed by atoms with Gasteiger partial charge in [-0.15, -0.1) is 0 Å². The van der Waals surface area contributed by atoms with Crippen molar-refractivity contribution in [1.82, 2.24) is 4.98 Å². The fourth-order valence-corrected chi connectivity index (χ4v) is 1.29. The van der Waals surface area contributed by atoms with Crippen molar-refractivity contribution in [1.29, 1.82) is 0 Å². The molecule has 0 N–H and O–H groups in total. The summed E-state index contributed by atoms with van der Waals surface area (Å²) in [5.74, 6) is 1.64. The van der Waals surface area contributed by atoms with E-state index in [1.807, 2.05) is 13.0 Å². The third-order valence-corrected chi connectivity index (χ3v) is 2.65. The van der Waals surface area contributed by atoms with Crippen molar-refractivity contribution in [3.63, 3.8) is 0 Å². The molecule has 1 aliphatic rings. The van der Waals surface area contributed by atoms with Gasteiger partial charge in [-0.1, -0.05) is 11.6 Å². The highest BCUT2D eigenvalue weighted by Crippen LogP contribution is 2.31. The summed E-state index contributed by atoms with van der Waals surface area (Å²) in [6.07, 6.45) is 4.29. The normalized spacial score (nSPS) is 15.8. The van der Waals surface area contributed by atoms with Crippen molar-refractivity contribution in [2.24, 2.45) is 5.92 Å². The van der Waals surface area contributed by atoms with E-state index in [-0.39, 0.29) is 0 Å². The molecule has 0 amide bonds. The van der Waals surface area contributed by atoms with Crippen LogP contribution in [-0.4, -0.2) is 11.6 Å². The molecule has 0 aromatic carbocycles. The molecule has 70 valence electrons. The lowest BCUT2D eigenvalue weighted by Crippen LogP contribution is -2.00. The molecule has 0 bridgehead atoms. The Bertz CT molecular complexity index is 310. The molecule has 1 saturated carbocycles. The Morgan fingerprint density at radius 2 is 2.38 bits per heavy atom. The molecule has 0 saturated heterocycles. The maximum absolute atomic E-state index is 5.85. The van der Waals surface area contributed by atoms with E-state index >= 15 is 0 Å². The lowest BCUT2D eigenvalue weighted by Gasteiger charge is -2.08. The number of ether oxygens (including phenoxy) is 1. The fourth-order valence-electron chi connectivity index (χ4n) is 1.14. The van der Waals surface area contributed by atoms with Crippen LogP contribution in [0.3, 0.4) is 0 Å². The van der Waals surface area contributed by atoms with Gasteiger partial charge in [0.25, 0.3) is 0 Å². The largest absolute Gasteiger partial charge is 0.493 e. The van der Waals surface area contributed by atoms with Crippen LogP contribution in [0, 0.1) is 12.8 Å². The predicted molar refractivity (Wildman–Crippen MR) is 52.2 cm³/mol. The molecule has 2 nitrogen and oxygen atoms in total. The Balaban J connectivity index is 2.05. The highest BCUT2D eigenvalue weighted by Gasteiger charge is 2.22. The van der Waals surface area contributed by atoms with Gasteiger partial charge in [-0.25, -0.2) is 4.98 Å². The van der Waals surface area contributed by atoms with Crippen LogP contribution in [0.25, 0.3) is 0 Å². The molecule has 0 unspecified atom stereocenters. The second kappa shape index (κ2) is 3.54. The Morgan fingerprint density at radius 3 is 3.08 bits per heavy atom. The van der Waals surface area contributed by atoms with Crippen LogP contribution in [0.15, 0.2) is 12.3 Å². The molecule has 0 aliphatic heterocycles. The van der Waals surface area contributed by atoms with Crippen molar-refractivity contribution in [2.75, 3.05) is 6.61 Å². The number of nitrogens with zero attached hydrogens (tertiary/aromatic N) is 1. The van der Waals surface area contributed by atoms with Crippen LogP contribution < -0.4 is 4.74 Å². The van der Waals surface area contributed by atoms with Gasteiger partial charge in [0.2, 0.25) is 0 Å². The first-order valence-corrected chi connectivity index (χ1v) is 4.89. The Hall–Kier alpha value is -0.760. The number of aromatic nitrogens is 1. The van der Waals surface area contributed by atoms with Crippen molar-refractivity contribution < 1.29 is 4.74 Å². The molecular weight excluding hydrogens is 186 g/mol. The fraction of sp³-hybridized carbons (Fsp3) is 0.500. The highest BCUT2D eigenvalue weighted by molar-refractivity contribution is 6.30. The predicted octanol–water partition coefficient (Wildman–Crippen LogP) is 2.83. The van der Waals surface area contributed by atoms with E-state index < -0.39 is 0 Å². The van der Waals surface area contributed by atoms with Crippen LogP contribution >= 0.6 is 11.6 Å². The van der Waals surface area contributed by atoms with Crippen molar-refractivity contribution in [3.05, 3.63) is 23.0 Å². The van der Waals surface area contributed by atoms with E-state index in [0.29, 0.717) is 5.15 Å². The zero-order valence-electron chi connectivity index (χ0n) is 7.59. The van der Waals surface area contributed by atoms with Crippen LogP contribution in [0.2, 0.25) is 5.15 Å². The molecule has 2 rings (SSSR count).